The van der Waals surface area contributed by atoms with Crippen LogP contribution in [0.5, 0.6) is 0 Å². The average Bonchev–Trinajstić information content (AvgIpc) is 2.68. The Morgan fingerprint density at radius 1 is 1.35 bits per heavy atom. The molecular formula is C10H5F2NO2S2. The van der Waals surface area contributed by atoms with Gasteiger partial charge in [-0.25, -0.2) is 13.6 Å². The summed E-state index contributed by atoms with van der Waals surface area (Å²) < 4.78 is 26.5. The average molecular weight is 273 g/mol. The molecule has 3 nitrogen and oxygen atoms in total. The van der Waals surface area contributed by atoms with Crippen molar-refractivity contribution in [1.29, 1.82) is 0 Å². The molecule has 0 fully saturated rings. The monoisotopic (exact) mass is 273 g/mol. The Balaban J connectivity index is 2.71. The van der Waals surface area contributed by atoms with Crippen molar-refractivity contribution in [2.75, 3.05) is 0 Å². The number of hydrogen-bond donors (Lipinski definition) is 2. The molecule has 0 radical (unpaired) electrons. The van der Waals surface area contributed by atoms with Crippen LogP contribution in [-0.2, 0) is 0 Å². The highest BCUT2D eigenvalue weighted by Crippen LogP contribution is 2.26. The van der Waals surface area contributed by atoms with Crippen molar-refractivity contribution >= 4 is 29.5 Å². The molecule has 2 rings (SSSR count). The van der Waals surface area contributed by atoms with E-state index in [1.54, 1.807) is 5.38 Å². The summed E-state index contributed by atoms with van der Waals surface area (Å²) in [7, 11) is 0. The minimum Gasteiger partial charge on any atom is -0.478 e. The summed E-state index contributed by atoms with van der Waals surface area (Å²) in [6, 6.07) is 1.49. The Morgan fingerprint density at radius 2 is 2.00 bits per heavy atom. The van der Waals surface area contributed by atoms with Gasteiger partial charge < -0.3 is 10.1 Å². The lowest BCUT2D eigenvalue weighted by Gasteiger charge is -2.04. The van der Waals surface area contributed by atoms with Gasteiger partial charge in [0, 0.05) is 10.9 Å². The molecule has 7 heteroatoms. The molecule has 88 valence electrons. The van der Waals surface area contributed by atoms with Crippen LogP contribution in [0.4, 0.5) is 8.78 Å². The zero-order chi connectivity index (χ0) is 12.6. The molecule has 0 amide bonds. The van der Waals surface area contributed by atoms with Crippen molar-refractivity contribution in [1.82, 2.24) is 4.98 Å². The van der Waals surface area contributed by atoms with Crippen LogP contribution < -0.4 is 0 Å². The zero-order valence-corrected chi connectivity index (χ0v) is 9.79. The number of aromatic carboxylic acids is 1. The Morgan fingerprint density at radius 3 is 2.53 bits per heavy atom. The lowest BCUT2D eigenvalue weighted by Crippen LogP contribution is -2.02. The number of aromatic amines is 1. The first-order valence-corrected chi connectivity index (χ1v) is 5.68. The fraction of sp³-hybridized carbons (Fsp3) is 0. The van der Waals surface area contributed by atoms with Gasteiger partial charge in [0.2, 0.25) is 0 Å². The first-order chi connectivity index (χ1) is 7.99. The van der Waals surface area contributed by atoms with E-state index in [2.05, 4.69) is 4.98 Å². The van der Waals surface area contributed by atoms with Gasteiger partial charge in [0.05, 0.1) is 11.3 Å². The van der Waals surface area contributed by atoms with Crippen LogP contribution >= 0.6 is 23.6 Å². The third kappa shape index (κ3) is 2.25. The maximum atomic E-state index is 13.1. The summed E-state index contributed by atoms with van der Waals surface area (Å²) in [5.41, 5.74) is 0.119. The summed E-state index contributed by atoms with van der Waals surface area (Å²) in [5, 5.41) is 10.5. The molecule has 1 aromatic carbocycles. The van der Waals surface area contributed by atoms with Gasteiger partial charge in [-0.05, 0) is 24.4 Å². The quantitative estimate of drug-likeness (QED) is 0.824. The molecule has 0 bridgehead atoms. The minimum absolute atomic E-state index is 0.0729. The van der Waals surface area contributed by atoms with Crippen LogP contribution in [0.2, 0.25) is 0 Å². The first-order valence-electron chi connectivity index (χ1n) is 4.39. The van der Waals surface area contributed by atoms with Crippen LogP contribution in [0.15, 0.2) is 17.5 Å². The molecule has 0 aliphatic rings. The number of carboxylic acid groups (broad SMARTS) is 1. The number of aromatic nitrogens is 1. The van der Waals surface area contributed by atoms with E-state index >= 15 is 0 Å². The maximum Gasteiger partial charge on any atom is 0.336 e. The smallest absolute Gasteiger partial charge is 0.336 e. The van der Waals surface area contributed by atoms with E-state index in [9.17, 15) is 13.6 Å². The molecule has 2 N–H and O–H groups in total. The van der Waals surface area contributed by atoms with Crippen LogP contribution in [0.1, 0.15) is 10.4 Å². The number of benzene rings is 1. The third-order valence-corrected chi connectivity index (χ3v) is 3.16. The summed E-state index contributed by atoms with van der Waals surface area (Å²) in [5.74, 6) is -3.63. The largest absolute Gasteiger partial charge is 0.478 e. The molecule has 0 aliphatic carbocycles. The van der Waals surface area contributed by atoms with Gasteiger partial charge in [-0.2, -0.15) is 0 Å². The van der Waals surface area contributed by atoms with E-state index in [1.165, 1.54) is 11.3 Å². The number of nitrogens with one attached hydrogen (secondary N) is 1. The highest BCUT2D eigenvalue weighted by Gasteiger charge is 2.17. The second-order valence-electron chi connectivity index (χ2n) is 3.18. The molecule has 0 spiro atoms. The standard InChI is InChI=1S/C10H5F2NO2S2/c11-6-1-4(8-3-17-10(16)13-8)5(9(14)15)2-7(6)12/h1-3H,(H,13,16)(H,14,15). The Labute approximate surface area is 103 Å². The van der Waals surface area contributed by atoms with Crippen molar-refractivity contribution in [3.05, 3.63) is 38.7 Å². The van der Waals surface area contributed by atoms with E-state index in [-0.39, 0.29) is 11.1 Å². The number of carbonyl (C=O) groups is 1. The number of carboxylic acids is 1. The SMILES string of the molecule is O=C(O)c1cc(F)c(F)cc1-c1csc(=S)[nH]1. The Kier molecular flexibility index (Phi) is 3.03. The molecule has 1 heterocycles. The van der Waals surface area contributed by atoms with E-state index < -0.39 is 17.6 Å². The van der Waals surface area contributed by atoms with E-state index in [0.717, 1.165) is 6.07 Å². The predicted molar refractivity (Wildman–Crippen MR) is 61.8 cm³/mol. The van der Waals surface area contributed by atoms with Gasteiger partial charge in [-0.3, -0.25) is 0 Å². The minimum atomic E-state index is -1.33. The fourth-order valence-corrected chi connectivity index (χ4v) is 2.19. The maximum absolute atomic E-state index is 13.1. The number of halogens is 2. The summed E-state index contributed by atoms with van der Waals surface area (Å²) in [6.07, 6.45) is 0. The molecule has 0 unspecified atom stereocenters. The van der Waals surface area contributed by atoms with Gasteiger partial charge in [0.25, 0.3) is 0 Å². The molecule has 0 aliphatic heterocycles. The van der Waals surface area contributed by atoms with Crippen molar-refractivity contribution in [3.63, 3.8) is 0 Å². The van der Waals surface area contributed by atoms with Crippen molar-refractivity contribution in [2.45, 2.75) is 0 Å². The second-order valence-corrected chi connectivity index (χ2v) is 4.73. The van der Waals surface area contributed by atoms with Gasteiger partial charge in [0.15, 0.2) is 15.6 Å². The molecular weight excluding hydrogens is 268 g/mol. The van der Waals surface area contributed by atoms with Crippen LogP contribution in [0.3, 0.4) is 0 Å². The van der Waals surface area contributed by atoms with Gasteiger partial charge in [-0.1, -0.05) is 0 Å². The van der Waals surface area contributed by atoms with E-state index in [0.29, 0.717) is 15.7 Å². The number of rotatable bonds is 2. The van der Waals surface area contributed by atoms with E-state index in [4.69, 9.17) is 17.3 Å². The summed E-state index contributed by atoms with van der Waals surface area (Å²) >= 11 is 6.03. The van der Waals surface area contributed by atoms with Crippen molar-refractivity contribution in [2.24, 2.45) is 0 Å². The third-order valence-electron chi connectivity index (χ3n) is 2.10. The predicted octanol–water partition coefficient (Wildman–Crippen LogP) is 3.45. The summed E-state index contributed by atoms with van der Waals surface area (Å²) in [4.78, 5) is 13.7. The number of thiazole rings is 1. The van der Waals surface area contributed by atoms with Crippen molar-refractivity contribution in [3.8, 4) is 11.3 Å². The van der Waals surface area contributed by atoms with Crippen LogP contribution in [0, 0.1) is 15.6 Å². The lowest BCUT2D eigenvalue weighted by molar-refractivity contribution is 0.0697. The van der Waals surface area contributed by atoms with E-state index in [1.807, 2.05) is 0 Å². The Hall–Kier alpha value is -1.60. The molecule has 0 saturated heterocycles. The molecule has 17 heavy (non-hydrogen) atoms. The van der Waals surface area contributed by atoms with Gasteiger partial charge >= 0.3 is 5.97 Å². The fourth-order valence-electron chi connectivity index (χ4n) is 1.36. The molecule has 0 saturated carbocycles. The number of hydrogen-bond acceptors (Lipinski definition) is 3. The topological polar surface area (TPSA) is 53.1 Å². The molecule has 0 atom stereocenters. The van der Waals surface area contributed by atoms with Gasteiger partial charge in [0.1, 0.15) is 0 Å². The number of H-pyrrole nitrogens is 1. The van der Waals surface area contributed by atoms with Crippen LogP contribution in [0.25, 0.3) is 11.3 Å². The highest BCUT2D eigenvalue weighted by molar-refractivity contribution is 7.73. The summed E-state index contributed by atoms with van der Waals surface area (Å²) in [6.45, 7) is 0. The Bertz CT molecular complexity index is 648. The highest BCUT2D eigenvalue weighted by atomic mass is 32.1. The van der Waals surface area contributed by atoms with Crippen molar-refractivity contribution < 1.29 is 18.7 Å². The lowest BCUT2D eigenvalue weighted by atomic mass is 10.0. The molecule has 2 aromatic rings. The second kappa shape index (κ2) is 4.34. The zero-order valence-electron chi connectivity index (χ0n) is 8.16. The molecule has 1 aromatic heterocycles. The van der Waals surface area contributed by atoms with Gasteiger partial charge in [-0.15, -0.1) is 11.3 Å². The first kappa shape index (κ1) is 11.9. The van der Waals surface area contributed by atoms with Crippen LogP contribution in [-0.4, -0.2) is 16.1 Å². The normalized spacial score (nSPS) is 10.5.